The zero-order chi connectivity index (χ0) is 15.9. The predicted molar refractivity (Wildman–Crippen MR) is 89.3 cm³/mol. The highest BCUT2D eigenvalue weighted by Gasteiger charge is 2.16. The number of anilines is 1. The van der Waals surface area contributed by atoms with Crippen LogP contribution in [0.4, 0.5) is 5.13 Å². The third-order valence-corrected chi connectivity index (χ3v) is 4.88. The number of nitrogens with two attached hydrogens (primary N) is 1. The van der Waals surface area contributed by atoms with E-state index in [4.69, 9.17) is 10.5 Å². The minimum atomic E-state index is -0.233. The van der Waals surface area contributed by atoms with Crippen LogP contribution in [0.15, 0.2) is 28.6 Å². The maximum absolute atomic E-state index is 12.0. The van der Waals surface area contributed by atoms with Crippen molar-refractivity contribution in [2.24, 2.45) is 0 Å². The Hall–Kier alpha value is -1.80. The first kappa shape index (κ1) is 16.6. The van der Waals surface area contributed by atoms with E-state index in [2.05, 4.69) is 15.5 Å². The van der Waals surface area contributed by atoms with Gasteiger partial charge < -0.3 is 15.8 Å². The topological polar surface area (TPSA) is 90.1 Å². The van der Waals surface area contributed by atoms with Gasteiger partial charge in [0.15, 0.2) is 4.34 Å². The molecule has 0 aliphatic carbocycles. The molecule has 0 spiro atoms. The van der Waals surface area contributed by atoms with E-state index in [1.54, 1.807) is 7.11 Å². The van der Waals surface area contributed by atoms with Crippen molar-refractivity contribution in [3.63, 3.8) is 0 Å². The maximum Gasteiger partial charge on any atom is 0.233 e. The van der Waals surface area contributed by atoms with Crippen molar-refractivity contribution in [2.45, 2.75) is 22.9 Å². The molecule has 0 saturated heterocycles. The molecule has 1 heterocycles. The smallest absolute Gasteiger partial charge is 0.233 e. The molecule has 1 unspecified atom stereocenters. The molecule has 2 rings (SSSR count). The Kier molecular flexibility index (Phi) is 6.02. The molecule has 0 saturated carbocycles. The number of amides is 1. The number of carbonyl (C=O) groups is 1. The average Bonchev–Trinajstić information content (AvgIpc) is 2.93. The molecular weight excluding hydrogens is 320 g/mol. The van der Waals surface area contributed by atoms with Gasteiger partial charge in [-0.25, -0.2) is 0 Å². The van der Waals surface area contributed by atoms with Gasteiger partial charge in [0.25, 0.3) is 0 Å². The van der Waals surface area contributed by atoms with Crippen molar-refractivity contribution in [2.75, 3.05) is 19.4 Å². The van der Waals surface area contributed by atoms with Crippen LogP contribution in [0, 0.1) is 0 Å². The summed E-state index contributed by atoms with van der Waals surface area (Å²) in [5, 5.41) is 10.7. The van der Waals surface area contributed by atoms with Crippen LogP contribution in [0.25, 0.3) is 0 Å². The van der Waals surface area contributed by atoms with Gasteiger partial charge in [0.1, 0.15) is 5.75 Å². The van der Waals surface area contributed by atoms with E-state index in [1.165, 1.54) is 23.1 Å². The normalized spacial score (nSPS) is 11.9. The molecule has 3 N–H and O–H groups in total. The molecular formula is C14H18N4O2S2. The Balaban J connectivity index is 1.74. The SMILES string of the molecule is COc1ccc(CCNC(=O)C(C)Sc2nnc(N)s2)cc1. The summed E-state index contributed by atoms with van der Waals surface area (Å²) in [6.45, 7) is 2.43. The van der Waals surface area contributed by atoms with E-state index in [0.717, 1.165) is 17.7 Å². The van der Waals surface area contributed by atoms with Gasteiger partial charge in [-0.1, -0.05) is 35.2 Å². The molecule has 2 aromatic rings. The van der Waals surface area contributed by atoms with Gasteiger partial charge in [0, 0.05) is 6.54 Å². The molecule has 1 aromatic heterocycles. The number of carbonyl (C=O) groups excluding carboxylic acids is 1. The Labute approximate surface area is 137 Å². The summed E-state index contributed by atoms with van der Waals surface area (Å²) in [4.78, 5) is 12.0. The number of methoxy groups -OCH3 is 1. The fourth-order valence-corrected chi connectivity index (χ4v) is 3.54. The van der Waals surface area contributed by atoms with E-state index >= 15 is 0 Å². The molecule has 118 valence electrons. The van der Waals surface area contributed by atoms with Gasteiger partial charge >= 0.3 is 0 Å². The van der Waals surface area contributed by atoms with Crippen molar-refractivity contribution in [1.82, 2.24) is 15.5 Å². The van der Waals surface area contributed by atoms with Crippen LogP contribution in [-0.2, 0) is 11.2 Å². The van der Waals surface area contributed by atoms with Crippen LogP contribution in [-0.4, -0.2) is 35.0 Å². The molecule has 0 bridgehead atoms. The van der Waals surface area contributed by atoms with Crippen molar-refractivity contribution in [1.29, 1.82) is 0 Å². The second kappa shape index (κ2) is 8.00. The first-order valence-corrected chi connectivity index (χ1v) is 8.44. The van der Waals surface area contributed by atoms with Crippen molar-refractivity contribution < 1.29 is 9.53 Å². The van der Waals surface area contributed by atoms with Crippen molar-refractivity contribution >= 4 is 34.1 Å². The summed E-state index contributed by atoms with van der Waals surface area (Å²) in [5.41, 5.74) is 6.67. The first-order valence-electron chi connectivity index (χ1n) is 6.74. The summed E-state index contributed by atoms with van der Waals surface area (Å²) in [6, 6.07) is 7.81. The monoisotopic (exact) mass is 338 g/mol. The number of nitrogens with one attached hydrogen (secondary N) is 1. The summed E-state index contributed by atoms with van der Waals surface area (Å²) >= 11 is 2.64. The standard InChI is InChI=1S/C14H18N4O2S2/c1-9(21-14-18-17-13(15)22-14)12(19)16-8-7-10-3-5-11(20-2)6-4-10/h3-6,9H,7-8H2,1-2H3,(H2,15,17)(H,16,19). The van der Waals surface area contributed by atoms with Gasteiger partial charge in [0.05, 0.1) is 12.4 Å². The van der Waals surface area contributed by atoms with E-state index in [0.29, 0.717) is 16.0 Å². The van der Waals surface area contributed by atoms with Crippen molar-refractivity contribution in [3.8, 4) is 5.75 Å². The van der Waals surface area contributed by atoms with E-state index in [-0.39, 0.29) is 11.2 Å². The number of rotatable bonds is 7. The number of hydrogen-bond donors (Lipinski definition) is 2. The summed E-state index contributed by atoms with van der Waals surface area (Å²) in [5.74, 6) is 0.807. The van der Waals surface area contributed by atoms with Crippen LogP contribution in [0.2, 0.25) is 0 Å². The lowest BCUT2D eigenvalue weighted by molar-refractivity contribution is -0.120. The molecule has 1 atom stereocenters. The number of aromatic nitrogens is 2. The summed E-state index contributed by atoms with van der Waals surface area (Å²) in [7, 11) is 1.64. The molecule has 1 aromatic carbocycles. The van der Waals surface area contributed by atoms with E-state index < -0.39 is 0 Å². The van der Waals surface area contributed by atoms with Crippen LogP contribution >= 0.6 is 23.1 Å². The molecule has 1 amide bonds. The van der Waals surface area contributed by atoms with Crippen LogP contribution in [0.1, 0.15) is 12.5 Å². The van der Waals surface area contributed by atoms with Crippen molar-refractivity contribution in [3.05, 3.63) is 29.8 Å². The zero-order valence-electron chi connectivity index (χ0n) is 12.4. The number of ether oxygens (including phenoxy) is 1. The quantitative estimate of drug-likeness (QED) is 0.750. The second-order valence-electron chi connectivity index (χ2n) is 4.56. The minimum absolute atomic E-state index is 0.0210. The Morgan fingerprint density at radius 3 is 2.73 bits per heavy atom. The third kappa shape index (κ3) is 4.88. The number of hydrogen-bond acceptors (Lipinski definition) is 7. The maximum atomic E-state index is 12.0. The number of nitrogen functional groups attached to an aromatic ring is 1. The molecule has 0 aliphatic rings. The van der Waals surface area contributed by atoms with E-state index in [9.17, 15) is 4.79 Å². The van der Waals surface area contributed by atoms with Crippen LogP contribution in [0.5, 0.6) is 5.75 Å². The molecule has 8 heteroatoms. The highest BCUT2D eigenvalue weighted by Crippen LogP contribution is 2.27. The van der Waals surface area contributed by atoms with Gasteiger partial charge in [-0.15, -0.1) is 10.2 Å². The Bertz CT molecular complexity index is 616. The van der Waals surface area contributed by atoms with Crippen LogP contribution in [0.3, 0.4) is 0 Å². The van der Waals surface area contributed by atoms with Gasteiger partial charge in [-0.2, -0.15) is 0 Å². The summed E-state index contributed by atoms with van der Waals surface area (Å²) < 4.78 is 5.81. The second-order valence-corrected chi connectivity index (χ2v) is 7.15. The number of nitrogens with zero attached hydrogens (tertiary/aromatic N) is 2. The Morgan fingerprint density at radius 2 is 2.14 bits per heavy atom. The van der Waals surface area contributed by atoms with Gasteiger partial charge in [-0.05, 0) is 31.0 Å². The lowest BCUT2D eigenvalue weighted by Crippen LogP contribution is -2.32. The fourth-order valence-electron chi connectivity index (χ4n) is 1.74. The molecule has 0 fully saturated rings. The fraction of sp³-hybridized carbons (Fsp3) is 0.357. The molecule has 0 radical (unpaired) electrons. The average molecular weight is 338 g/mol. The molecule has 22 heavy (non-hydrogen) atoms. The largest absolute Gasteiger partial charge is 0.497 e. The molecule has 6 nitrogen and oxygen atoms in total. The highest BCUT2D eigenvalue weighted by atomic mass is 32.2. The lowest BCUT2D eigenvalue weighted by atomic mass is 10.1. The summed E-state index contributed by atoms with van der Waals surface area (Å²) in [6.07, 6.45) is 0.777. The molecule has 0 aliphatic heterocycles. The zero-order valence-corrected chi connectivity index (χ0v) is 14.0. The number of thioether (sulfide) groups is 1. The first-order chi connectivity index (χ1) is 10.6. The van der Waals surface area contributed by atoms with Crippen LogP contribution < -0.4 is 15.8 Å². The lowest BCUT2D eigenvalue weighted by Gasteiger charge is -2.10. The highest BCUT2D eigenvalue weighted by molar-refractivity contribution is 8.02. The Morgan fingerprint density at radius 1 is 1.41 bits per heavy atom. The minimum Gasteiger partial charge on any atom is -0.497 e. The van der Waals surface area contributed by atoms with Gasteiger partial charge in [0.2, 0.25) is 11.0 Å². The van der Waals surface area contributed by atoms with Gasteiger partial charge in [-0.3, -0.25) is 4.79 Å². The third-order valence-electron chi connectivity index (χ3n) is 2.94. The predicted octanol–water partition coefficient (Wildman–Crippen LogP) is 1.97. The van der Waals surface area contributed by atoms with E-state index in [1.807, 2.05) is 31.2 Å². The number of benzene rings is 1.